The summed E-state index contributed by atoms with van der Waals surface area (Å²) in [4.78, 5) is 0. The Hall–Kier alpha value is -1.10. The van der Waals surface area contributed by atoms with Gasteiger partial charge in [-0.3, -0.25) is 0 Å². The van der Waals surface area contributed by atoms with E-state index >= 15 is 0 Å². The standard InChI is InChI=1S/C17H19BClFO2/c1-16(2)10-21-18(22-17(16,3)4)12-7-5-6-11-8-9-13(20)15(19)14(11)12/h5-9H,10H2,1-4H3. The maximum Gasteiger partial charge on any atom is 0.494 e. The largest absolute Gasteiger partial charge is 0.494 e. The van der Waals surface area contributed by atoms with Crippen molar-refractivity contribution in [3.63, 3.8) is 0 Å². The number of fused-ring (bicyclic) bond motifs is 1. The predicted molar refractivity (Wildman–Crippen MR) is 89.2 cm³/mol. The van der Waals surface area contributed by atoms with E-state index in [0.29, 0.717) is 12.0 Å². The zero-order valence-electron chi connectivity index (χ0n) is 13.2. The van der Waals surface area contributed by atoms with Gasteiger partial charge in [-0.25, -0.2) is 4.39 Å². The van der Waals surface area contributed by atoms with Crippen molar-refractivity contribution < 1.29 is 13.7 Å². The average molecular weight is 321 g/mol. The predicted octanol–water partition coefficient (Wildman–Crippen LogP) is 4.18. The van der Waals surface area contributed by atoms with Crippen molar-refractivity contribution in [1.82, 2.24) is 0 Å². The lowest BCUT2D eigenvalue weighted by Gasteiger charge is -2.47. The van der Waals surface area contributed by atoms with Crippen molar-refractivity contribution in [3.05, 3.63) is 41.2 Å². The van der Waals surface area contributed by atoms with Gasteiger partial charge in [-0.15, -0.1) is 0 Å². The van der Waals surface area contributed by atoms with Crippen molar-refractivity contribution >= 4 is 35.0 Å². The van der Waals surface area contributed by atoms with Crippen molar-refractivity contribution in [2.75, 3.05) is 6.61 Å². The summed E-state index contributed by atoms with van der Waals surface area (Å²) in [6, 6.07) is 8.79. The first-order valence-electron chi connectivity index (χ1n) is 7.39. The first kappa shape index (κ1) is 15.8. The molecule has 0 N–H and O–H groups in total. The SMILES string of the molecule is CC1(C)COB(c2cccc3ccc(F)c(Cl)c23)OC1(C)C. The van der Waals surface area contributed by atoms with E-state index in [9.17, 15) is 4.39 Å². The molecule has 0 saturated carbocycles. The molecule has 116 valence electrons. The highest BCUT2D eigenvalue weighted by Gasteiger charge is 2.47. The molecular weight excluding hydrogens is 301 g/mol. The fraction of sp³-hybridized carbons (Fsp3) is 0.412. The zero-order chi connectivity index (χ0) is 16.1. The van der Waals surface area contributed by atoms with Gasteiger partial charge in [0.2, 0.25) is 0 Å². The van der Waals surface area contributed by atoms with Crippen LogP contribution in [-0.4, -0.2) is 19.3 Å². The summed E-state index contributed by atoms with van der Waals surface area (Å²) in [6.07, 6.45) is 0. The van der Waals surface area contributed by atoms with Gasteiger partial charge in [0.25, 0.3) is 0 Å². The molecule has 2 aromatic rings. The lowest BCUT2D eigenvalue weighted by Crippen LogP contribution is -2.58. The third kappa shape index (κ3) is 2.43. The molecule has 0 unspecified atom stereocenters. The van der Waals surface area contributed by atoms with Crippen molar-refractivity contribution in [2.24, 2.45) is 5.41 Å². The van der Waals surface area contributed by atoms with Crippen LogP contribution in [0.4, 0.5) is 4.39 Å². The van der Waals surface area contributed by atoms with Crippen LogP contribution in [0.1, 0.15) is 27.7 Å². The molecule has 1 saturated heterocycles. The zero-order valence-corrected chi connectivity index (χ0v) is 14.0. The van der Waals surface area contributed by atoms with Crippen LogP contribution in [0, 0.1) is 11.2 Å². The molecule has 2 nitrogen and oxygen atoms in total. The monoisotopic (exact) mass is 320 g/mol. The number of rotatable bonds is 1. The number of halogens is 2. The Bertz CT molecular complexity index is 730. The number of hydrogen-bond donors (Lipinski definition) is 0. The van der Waals surface area contributed by atoms with Crippen LogP contribution in [0.25, 0.3) is 10.8 Å². The van der Waals surface area contributed by atoms with E-state index in [1.165, 1.54) is 6.07 Å². The molecule has 1 aliphatic heterocycles. The van der Waals surface area contributed by atoms with E-state index in [2.05, 4.69) is 27.7 Å². The Labute approximate surface area is 135 Å². The summed E-state index contributed by atoms with van der Waals surface area (Å²) in [6.45, 7) is 8.89. The summed E-state index contributed by atoms with van der Waals surface area (Å²) in [5.74, 6) is -0.433. The second-order valence-corrected chi connectivity index (χ2v) is 7.34. The maximum absolute atomic E-state index is 13.9. The fourth-order valence-corrected chi connectivity index (χ4v) is 2.89. The number of benzene rings is 2. The quantitative estimate of drug-likeness (QED) is 0.734. The van der Waals surface area contributed by atoms with Crippen LogP contribution in [0.3, 0.4) is 0 Å². The molecule has 0 aliphatic carbocycles. The molecule has 0 atom stereocenters. The molecule has 2 aromatic carbocycles. The van der Waals surface area contributed by atoms with Crippen molar-refractivity contribution in [3.8, 4) is 0 Å². The molecule has 1 heterocycles. The van der Waals surface area contributed by atoms with E-state index < -0.39 is 12.9 Å². The minimum Gasteiger partial charge on any atom is -0.407 e. The van der Waals surface area contributed by atoms with E-state index in [1.807, 2.05) is 18.2 Å². The Balaban J connectivity index is 2.10. The van der Waals surface area contributed by atoms with E-state index in [-0.39, 0.29) is 16.0 Å². The molecule has 0 bridgehead atoms. The second-order valence-electron chi connectivity index (χ2n) is 6.96. The first-order chi connectivity index (χ1) is 10.2. The summed E-state index contributed by atoms with van der Waals surface area (Å²) >= 11 is 6.19. The Kier molecular flexibility index (Phi) is 3.75. The minimum absolute atomic E-state index is 0.108. The third-order valence-electron chi connectivity index (χ3n) is 4.85. The van der Waals surface area contributed by atoms with Crippen LogP contribution >= 0.6 is 11.6 Å². The third-order valence-corrected chi connectivity index (χ3v) is 5.22. The van der Waals surface area contributed by atoms with Gasteiger partial charge in [-0.2, -0.15) is 0 Å². The van der Waals surface area contributed by atoms with Crippen molar-refractivity contribution in [2.45, 2.75) is 33.3 Å². The molecule has 0 amide bonds. The van der Waals surface area contributed by atoms with Crippen LogP contribution < -0.4 is 5.46 Å². The molecule has 5 heteroatoms. The van der Waals surface area contributed by atoms with Gasteiger partial charge in [0.15, 0.2) is 0 Å². The fourth-order valence-electron chi connectivity index (χ4n) is 2.61. The summed E-state index contributed by atoms with van der Waals surface area (Å²) in [5.41, 5.74) is 0.298. The Morgan fingerprint density at radius 3 is 2.55 bits per heavy atom. The highest BCUT2D eigenvalue weighted by molar-refractivity contribution is 6.65. The van der Waals surface area contributed by atoms with E-state index in [4.69, 9.17) is 20.9 Å². The molecule has 1 aliphatic rings. The second kappa shape index (κ2) is 5.22. The average Bonchev–Trinajstić information content (AvgIpc) is 2.45. The molecule has 3 rings (SSSR count). The Morgan fingerprint density at radius 2 is 1.86 bits per heavy atom. The van der Waals surface area contributed by atoms with E-state index in [1.54, 1.807) is 6.07 Å². The smallest absolute Gasteiger partial charge is 0.407 e. The van der Waals surface area contributed by atoms with Crippen LogP contribution in [-0.2, 0) is 9.31 Å². The summed E-state index contributed by atoms with van der Waals surface area (Å²) in [5, 5.41) is 1.64. The molecule has 0 aromatic heterocycles. The molecule has 1 fully saturated rings. The molecular formula is C17H19BClFO2. The van der Waals surface area contributed by atoms with Gasteiger partial charge in [0.1, 0.15) is 5.82 Å². The van der Waals surface area contributed by atoms with E-state index in [0.717, 1.165) is 10.8 Å². The summed E-state index contributed by atoms with van der Waals surface area (Å²) in [7, 11) is -0.550. The Morgan fingerprint density at radius 1 is 1.14 bits per heavy atom. The molecule has 0 radical (unpaired) electrons. The van der Waals surface area contributed by atoms with Crippen LogP contribution in [0.5, 0.6) is 0 Å². The van der Waals surface area contributed by atoms with Crippen LogP contribution in [0.2, 0.25) is 5.02 Å². The number of hydrogen-bond acceptors (Lipinski definition) is 2. The highest BCUT2D eigenvalue weighted by atomic mass is 35.5. The minimum atomic E-state index is -0.550. The topological polar surface area (TPSA) is 18.5 Å². The van der Waals surface area contributed by atoms with Gasteiger partial charge in [0.05, 0.1) is 10.6 Å². The van der Waals surface area contributed by atoms with Gasteiger partial charge >= 0.3 is 7.12 Å². The molecule has 0 spiro atoms. The maximum atomic E-state index is 13.9. The van der Waals surface area contributed by atoms with Gasteiger partial charge < -0.3 is 9.31 Å². The first-order valence-corrected chi connectivity index (χ1v) is 7.77. The summed E-state index contributed by atoms with van der Waals surface area (Å²) < 4.78 is 25.9. The van der Waals surface area contributed by atoms with Crippen molar-refractivity contribution in [1.29, 1.82) is 0 Å². The lowest BCUT2D eigenvalue weighted by molar-refractivity contribution is -0.0936. The lowest BCUT2D eigenvalue weighted by atomic mass is 9.68. The van der Waals surface area contributed by atoms with Gasteiger partial charge in [-0.1, -0.05) is 49.7 Å². The highest BCUT2D eigenvalue weighted by Crippen LogP contribution is 2.38. The molecule has 22 heavy (non-hydrogen) atoms. The van der Waals surface area contributed by atoms with Gasteiger partial charge in [-0.05, 0) is 30.8 Å². The normalized spacial score (nSPS) is 20.4. The van der Waals surface area contributed by atoms with Gasteiger partial charge in [0, 0.05) is 17.4 Å². The van der Waals surface area contributed by atoms with Crippen LogP contribution in [0.15, 0.2) is 30.3 Å².